The zero-order valence-corrected chi connectivity index (χ0v) is 13.9. The first-order chi connectivity index (χ1) is 11.1. The van der Waals surface area contributed by atoms with Gasteiger partial charge in [0.15, 0.2) is 0 Å². The Morgan fingerprint density at radius 3 is 2.35 bits per heavy atom. The van der Waals surface area contributed by atoms with Gasteiger partial charge in [0.25, 0.3) is 5.91 Å². The van der Waals surface area contributed by atoms with Gasteiger partial charge in [-0.1, -0.05) is 25.1 Å². The highest BCUT2D eigenvalue weighted by atomic mass is 16.2. The summed E-state index contributed by atoms with van der Waals surface area (Å²) in [5.74, 6) is 1.00. The average molecular weight is 314 g/mol. The smallest absolute Gasteiger partial charge is 0.253 e. The zero-order valence-electron chi connectivity index (χ0n) is 13.9. The van der Waals surface area contributed by atoms with Crippen LogP contribution in [0.5, 0.6) is 0 Å². The minimum absolute atomic E-state index is 0.0233. The van der Waals surface area contributed by atoms with E-state index < -0.39 is 0 Å². The van der Waals surface area contributed by atoms with Crippen molar-refractivity contribution in [3.8, 4) is 0 Å². The monoisotopic (exact) mass is 314 g/mol. The molecule has 2 saturated heterocycles. The van der Waals surface area contributed by atoms with Crippen LogP contribution in [0.15, 0.2) is 30.3 Å². The van der Waals surface area contributed by atoms with Gasteiger partial charge in [0.2, 0.25) is 5.91 Å². The fourth-order valence-corrected chi connectivity index (χ4v) is 3.61. The van der Waals surface area contributed by atoms with Gasteiger partial charge in [0, 0.05) is 31.7 Å². The lowest BCUT2D eigenvalue weighted by Gasteiger charge is -2.37. The summed E-state index contributed by atoms with van der Waals surface area (Å²) in [5.41, 5.74) is 0.715. The molecular weight excluding hydrogens is 288 g/mol. The van der Waals surface area contributed by atoms with E-state index >= 15 is 0 Å². The molecule has 0 N–H and O–H groups in total. The first kappa shape index (κ1) is 16.0. The van der Waals surface area contributed by atoms with Gasteiger partial charge in [-0.3, -0.25) is 9.59 Å². The van der Waals surface area contributed by atoms with Crippen molar-refractivity contribution in [2.45, 2.75) is 32.6 Å². The number of piperidine rings is 2. The number of hydrogen-bond acceptors (Lipinski definition) is 2. The predicted molar refractivity (Wildman–Crippen MR) is 90.0 cm³/mol. The molecular formula is C19H26N2O2. The Hall–Kier alpha value is -1.84. The minimum Gasteiger partial charge on any atom is -0.342 e. The molecule has 1 atom stereocenters. The summed E-state index contributed by atoms with van der Waals surface area (Å²) in [5, 5.41) is 0. The molecule has 0 bridgehead atoms. The van der Waals surface area contributed by atoms with E-state index in [0.717, 1.165) is 51.2 Å². The zero-order chi connectivity index (χ0) is 16.2. The van der Waals surface area contributed by atoms with Crippen LogP contribution in [-0.2, 0) is 4.79 Å². The highest BCUT2D eigenvalue weighted by Crippen LogP contribution is 2.24. The SMILES string of the molecule is CC1CCN(C(=O)C2CCCN(C(=O)c3ccccc3)C2)CC1. The summed E-state index contributed by atoms with van der Waals surface area (Å²) in [4.78, 5) is 29.2. The first-order valence-electron chi connectivity index (χ1n) is 8.78. The third kappa shape index (κ3) is 3.74. The predicted octanol–water partition coefficient (Wildman–Crippen LogP) is 2.80. The van der Waals surface area contributed by atoms with Crippen molar-refractivity contribution in [1.82, 2.24) is 9.80 Å². The highest BCUT2D eigenvalue weighted by Gasteiger charge is 2.32. The molecule has 3 rings (SSSR count). The van der Waals surface area contributed by atoms with Crippen molar-refractivity contribution in [1.29, 1.82) is 0 Å². The number of rotatable bonds is 2. The Morgan fingerprint density at radius 2 is 1.65 bits per heavy atom. The van der Waals surface area contributed by atoms with E-state index in [-0.39, 0.29) is 17.7 Å². The van der Waals surface area contributed by atoms with Gasteiger partial charge in [0.05, 0.1) is 5.92 Å². The molecule has 1 unspecified atom stereocenters. The molecule has 0 radical (unpaired) electrons. The van der Waals surface area contributed by atoms with Crippen molar-refractivity contribution in [2.75, 3.05) is 26.2 Å². The van der Waals surface area contributed by atoms with Crippen molar-refractivity contribution in [3.63, 3.8) is 0 Å². The summed E-state index contributed by atoms with van der Waals surface area (Å²) in [6.45, 7) is 5.34. The summed E-state index contributed by atoms with van der Waals surface area (Å²) < 4.78 is 0. The molecule has 124 valence electrons. The van der Waals surface area contributed by atoms with Crippen molar-refractivity contribution in [3.05, 3.63) is 35.9 Å². The number of carbonyl (C=O) groups excluding carboxylic acids is 2. The van der Waals surface area contributed by atoms with E-state index in [1.165, 1.54) is 0 Å². The van der Waals surface area contributed by atoms with Crippen LogP contribution >= 0.6 is 0 Å². The van der Waals surface area contributed by atoms with E-state index in [1.54, 1.807) is 0 Å². The third-order valence-electron chi connectivity index (χ3n) is 5.17. The number of carbonyl (C=O) groups is 2. The number of likely N-dealkylation sites (tertiary alicyclic amines) is 2. The van der Waals surface area contributed by atoms with Crippen molar-refractivity contribution < 1.29 is 9.59 Å². The van der Waals surface area contributed by atoms with Crippen LogP contribution in [0.1, 0.15) is 43.0 Å². The molecule has 2 fully saturated rings. The first-order valence-corrected chi connectivity index (χ1v) is 8.78. The normalized spacial score (nSPS) is 22.9. The van der Waals surface area contributed by atoms with Crippen LogP contribution in [0.25, 0.3) is 0 Å². The second-order valence-electron chi connectivity index (χ2n) is 6.96. The molecule has 0 aliphatic carbocycles. The Bertz CT molecular complexity index is 550. The van der Waals surface area contributed by atoms with Gasteiger partial charge >= 0.3 is 0 Å². The Kier molecular flexibility index (Phi) is 4.99. The lowest BCUT2D eigenvalue weighted by molar-refractivity contribution is -0.138. The third-order valence-corrected chi connectivity index (χ3v) is 5.17. The molecule has 23 heavy (non-hydrogen) atoms. The van der Waals surface area contributed by atoms with Crippen LogP contribution in [0, 0.1) is 11.8 Å². The van der Waals surface area contributed by atoms with Crippen molar-refractivity contribution in [2.24, 2.45) is 11.8 Å². The van der Waals surface area contributed by atoms with E-state index in [4.69, 9.17) is 0 Å². The Balaban J connectivity index is 1.62. The van der Waals surface area contributed by atoms with Gasteiger partial charge in [-0.2, -0.15) is 0 Å². The molecule has 1 aromatic carbocycles. The topological polar surface area (TPSA) is 40.6 Å². The maximum absolute atomic E-state index is 12.8. The number of benzene rings is 1. The average Bonchev–Trinajstić information content (AvgIpc) is 2.62. The number of nitrogens with zero attached hydrogens (tertiary/aromatic N) is 2. The lowest BCUT2D eigenvalue weighted by atomic mass is 9.93. The molecule has 1 aromatic rings. The largest absolute Gasteiger partial charge is 0.342 e. The fourth-order valence-electron chi connectivity index (χ4n) is 3.61. The number of amides is 2. The summed E-state index contributed by atoms with van der Waals surface area (Å²) in [6, 6.07) is 9.37. The molecule has 0 spiro atoms. The van der Waals surface area contributed by atoms with Crippen LogP contribution in [-0.4, -0.2) is 47.8 Å². The Morgan fingerprint density at radius 1 is 0.957 bits per heavy atom. The van der Waals surface area contributed by atoms with E-state index in [9.17, 15) is 9.59 Å². The molecule has 0 aromatic heterocycles. The van der Waals surface area contributed by atoms with Gasteiger partial charge in [-0.15, -0.1) is 0 Å². The molecule has 2 amide bonds. The molecule has 4 nitrogen and oxygen atoms in total. The van der Waals surface area contributed by atoms with E-state index in [1.807, 2.05) is 40.1 Å². The Labute approximate surface area is 138 Å². The minimum atomic E-state index is -0.0233. The molecule has 2 aliphatic heterocycles. The van der Waals surface area contributed by atoms with Crippen molar-refractivity contribution >= 4 is 11.8 Å². The highest BCUT2D eigenvalue weighted by molar-refractivity contribution is 5.94. The van der Waals surface area contributed by atoms with Gasteiger partial charge < -0.3 is 9.80 Å². The maximum atomic E-state index is 12.8. The van der Waals surface area contributed by atoms with Gasteiger partial charge in [-0.25, -0.2) is 0 Å². The molecule has 0 saturated carbocycles. The van der Waals surface area contributed by atoms with E-state index in [2.05, 4.69) is 6.92 Å². The summed E-state index contributed by atoms with van der Waals surface area (Å²) in [6.07, 6.45) is 4.03. The van der Waals surface area contributed by atoms with Gasteiger partial charge in [0.1, 0.15) is 0 Å². The quantitative estimate of drug-likeness (QED) is 0.842. The molecule has 4 heteroatoms. The van der Waals surface area contributed by atoms with Crippen LogP contribution in [0.2, 0.25) is 0 Å². The molecule has 2 heterocycles. The van der Waals surface area contributed by atoms with Crippen LogP contribution in [0.3, 0.4) is 0 Å². The standard InChI is InChI=1S/C19H26N2O2/c1-15-9-12-20(13-10-15)19(23)17-8-5-11-21(14-17)18(22)16-6-3-2-4-7-16/h2-4,6-7,15,17H,5,8-14H2,1H3. The van der Waals surface area contributed by atoms with Crippen LogP contribution in [0.4, 0.5) is 0 Å². The second-order valence-corrected chi connectivity index (χ2v) is 6.96. The van der Waals surface area contributed by atoms with Crippen LogP contribution < -0.4 is 0 Å². The molecule has 2 aliphatic rings. The summed E-state index contributed by atoms with van der Waals surface area (Å²) >= 11 is 0. The maximum Gasteiger partial charge on any atom is 0.253 e. The van der Waals surface area contributed by atoms with E-state index in [0.29, 0.717) is 12.1 Å². The summed E-state index contributed by atoms with van der Waals surface area (Å²) in [7, 11) is 0. The fraction of sp³-hybridized carbons (Fsp3) is 0.579. The number of hydrogen-bond donors (Lipinski definition) is 0. The lowest BCUT2D eigenvalue weighted by Crippen LogP contribution is -2.48. The second kappa shape index (κ2) is 7.16. The van der Waals surface area contributed by atoms with Gasteiger partial charge in [-0.05, 0) is 43.7 Å².